The van der Waals surface area contributed by atoms with E-state index in [0.29, 0.717) is 18.7 Å². The van der Waals surface area contributed by atoms with Gasteiger partial charge in [-0.1, -0.05) is 6.92 Å². The Morgan fingerprint density at radius 1 is 1.41 bits per heavy atom. The molecule has 92 valence electrons. The number of Topliss-reactive ketones (excluding diaryl/α,β-unsaturated/α-hetero) is 1. The van der Waals surface area contributed by atoms with E-state index < -0.39 is 0 Å². The van der Waals surface area contributed by atoms with Gasteiger partial charge in [0.15, 0.2) is 0 Å². The molecule has 0 saturated carbocycles. The average molecular weight is 300 g/mol. The van der Waals surface area contributed by atoms with Crippen molar-refractivity contribution in [2.45, 2.75) is 26.3 Å². The minimum Gasteiger partial charge on any atom is -0.367 e. The Labute approximate surface area is 109 Å². The molecule has 0 bridgehead atoms. The summed E-state index contributed by atoms with van der Waals surface area (Å²) in [6, 6.07) is 4.76. The highest BCUT2D eigenvalue weighted by Gasteiger charge is 2.31. The van der Waals surface area contributed by atoms with Crippen LogP contribution in [-0.4, -0.2) is 18.4 Å². The molecule has 1 aliphatic heterocycles. The summed E-state index contributed by atoms with van der Waals surface area (Å²) in [5, 5.41) is 0. The van der Waals surface area contributed by atoms with Gasteiger partial charge in [0.1, 0.15) is 11.6 Å². The molecule has 0 aliphatic carbocycles. The molecule has 0 N–H and O–H groups in total. The van der Waals surface area contributed by atoms with Gasteiger partial charge in [0, 0.05) is 29.4 Å². The van der Waals surface area contributed by atoms with Crippen LogP contribution in [-0.2, 0) is 4.79 Å². The van der Waals surface area contributed by atoms with E-state index in [4.69, 9.17) is 0 Å². The van der Waals surface area contributed by atoms with Gasteiger partial charge in [0.2, 0.25) is 0 Å². The first-order valence-corrected chi connectivity index (χ1v) is 6.54. The fraction of sp³-hybridized carbons (Fsp3) is 0.462. The number of carbonyl (C=O) groups is 1. The molecule has 1 saturated heterocycles. The Hall–Kier alpha value is -0.900. The van der Waals surface area contributed by atoms with Crippen molar-refractivity contribution >= 4 is 27.4 Å². The predicted molar refractivity (Wildman–Crippen MR) is 69.7 cm³/mol. The average Bonchev–Trinajstić information content (AvgIpc) is 2.30. The van der Waals surface area contributed by atoms with Crippen molar-refractivity contribution < 1.29 is 9.18 Å². The first kappa shape index (κ1) is 12.6. The van der Waals surface area contributed by atoms with Crippen LogP contribution >= 0.6 is 15.9 Å². The van der Waals surface area contributed by atoms with Gasteiger partial charge < -0.3 is 4.90 Å². The lowest BCUT2D eigenvalue weighted by atomic mass is 9.90. The first-order chi connectivity index (χ1) is 8.00. The van der Waals surface area contributed by atoms with Crippen molar-refractivity contribution in [3.05, 3.63) is 28.5 Å². The molecule has 0 amide bonds. The molecule has 2 unspecified atom stereocenters. The van der Waals surface area contributed by atoms with Crippen LogP contribution in [0.15, 0.2) is 22.7 Å². The van der Waals surface area contributed by atoms with E-state index in [-0.39, 0.29) is 17.8 Å². The molecular weight excluding hydrogens is 285 g/mol. The molecule has 0 spiro atoms. The Kier molecular flexibility index (Phi) is 3.52. The SMILES string of the molecule is CC1C(=O)CCN(c2cc(F)ccc2Br)C1C. The smallest absolute Gasteiger partial charge is 0.139 e. The van der Waals surface area contributed by atoms with E-state index in [9.17, 15) is 9.18 Å². The third-order valence-corrected chi connectivity index (χ3v) is 4.21. The van der Waals surface area contributed by atoms with Gasteiger partial charge in [-0.3, -0.25) is 4.79 Å². The third-order valence-electron chi connectivity index (χ3n) is 3.54. The molecule has 0 radical (unpaired) electrons. The van der Waals surface area contributed by atoms with Gasteiger partial charge in [0.05, 0.1) is 5.69 Å². The molecule has 17 heavy (non-hydrogen) atoms. The zero-order valence-corrected chi connectivity index (χ0v) is 11.5. The first-order valence-electron chi connectivity index (χ1n) is 5.75. The summed E-state index contributed by atoms with van der Waals surface area (Å²) in [6.45, 7) is 4.61. The molecule has 4 heteroatoms. The predicted octanol–water partition coefficient (Wildman–Crippen LogP) is 3.39. The molecule has 2 atom stereocenters. The second-order valence-electron chi connectivity index (χ2n) is 4.53. The van der Waals surface area contributed by atoms with Gasteiger partial charge in [-0.05, 0) is 41.1 Å². The lowest BCUT2D eigenvalue weighted by Gasteiger charge is -2.39. The number of benzene rings is 1. The van der Waals surface area contributed by atoms with Crippen molar-refractivity contribution in [2.75, 3.05) is 11.4 Å². The summed E-state index contributed by atoms with van der Waals surface area (Å²) in [6.07, 6.45) is 0.536. The van der Waals surface area contributed by atoms with Crippen LogP contribution in [0.3, 0.4) is 0 Å². The maximum Gasteiger partial charge on any atom is 0.139 e. The number of carbonyl (C=O) groups excluding carboxylic acids is 1. The van der Waals surface area contributed by atoms with E-state index in [1.807, 2.05) is 13.8 Å². The molecular formula is C13H15BrFNO. The topological polar surface area (TPSA) is 20.3 Å². The second kappa shape index (κ2) is 4.77. The molecule has 2 nitrogen and oxygen atoms in total. The summed E-state index contributed by atoms with van der Waals surface area (Å²) >= 11 is 3.44. The number of piperidine rings is 1. The summed E-state index contributed by atoms with van der Waals surface area (Å²) in [5.41, 5.74) is 0.830. The molecule has 0 aromatic heterocycles. The number of rotatable bonds is 1. The van der Waals surface area contributed by atoms with Crippen LogP contribution in [0.2, 0.25) is 0 Å². The fourth-order valence-electron chi connectivity index (χ4n) is 2.25. The van der Waals surface area contributed by atoms with E-state index in [0.717, 1.165) is 10.2 Å². The molecule has 1 fully saturated rings. The maximum absolute atomic E-state index is 13.3. The zero-order valence-electron chi connectivity index (χ0n) is 9.91. The number of hydrogen-bond donors (Lipinski definition) is 0. The van der Waals surface area contributed by atoms with E-state index in [1.165, 1.54) is 12.1 Å². The van der Waals surface area contributed by atoms with Gasteiger partial charge >= 0.3 is 0 Å². The number of halogens is 2. The standard InChI is InChI=1S/C13H15BrFNO/c1-8-9(2)16(6-5-13(8)17)12-7-10(15)3-4-11(12)14/h3-4,7-9H,5-6H2,1-2H3. The Morgan fingerprint density at radius 3 is 2.82 bits per heavy atom. The molecule has 1 aliphatic rings. The fourth-order valence-corrected chi connectivity index (χ4v) is 2.72. The van der Waals surface area contributed by atoms with Gasteiger partial charge in [0.25, 0.3) is 0 Å². The third kappa shape index (κ3) is 2.37. The normalized spacial score (nSPS) is 25.2. The van der Waals surface area contributed by atoms with Crippen molar-refractivity contribution in [2.24, 2.45) is 5.92 Å². The highest BCUT2D eigenvalue weighted by atomic mass is 79.9. The van der Waals surface area contributed by atoms with E-state index in [1.54, 1.807) is 6.07 Å². The van der Waals surface area contributed by atoms with Crippen LogP contribution in [0.1, 0.15) is 20.3 Å². The summed E-state index contributed by atoms with van der Waals surface area (Å²) in [7, 11) is 0. The number of hydrogen-bond acceptors (Lipinski definition) is 2. The Balaban J connectivity index is 2.33. The zero-order chi connectivity index (χ0) is 12.6. The minimum absolute atomic E-state index is 0.00100. The molecule has 1 aromatic rings. The van der Waals surface area contributed by atoms with Crippen LogP contribution in [0.4, 0.5) is 10.1 Å². The van der Waals surface area contributed by atoms with Gasteiger partial charge in [-0.2, -0.15) is 0 Å². The van der Waals surface area contributed by atoms with Crippen LogP contribution < -0.4 is 4.90 Å². The van der Waals surface area contributed by atoms with E-state index in [2.05, 4.69) is 20.8 Å². The van der Waals surface area contributed by atoms with Gasteiger partial charge in [-0.15, -0.1) is 0 Å². The summed E-state index contributed by atoms with van der Waals surface area (Å²) in [4.78, 5) is 13.7. The summed E-state index contributed by atoms with van der Waals surface area (Å²) in [5.74, 6) is 0.0418. The maximum atomic E-state index is 13.3. The van der Waals surface area contributed by atoms with E-state index >= 15 is 0 Å². The molecule has 1 heterocycles. The van der Waals surface area contributed by atoms with Crippen LogP contribution in [0.5, 0.6) is 0 Å². The Morgan fingerprint density at radius 2 is 2.12 bits per heavy atom. The van der Waals surface area contributed by atoms with Crippen LogP contribution in [0, 0.1) is 11.7 Å². The highest BCUT2D eigenvalue weighted by Crippen LogP contribution is 2.32. The van der Waals surface area contributed by atoms with Crippen molar-refractivity contribution in [3.8, 4) is 0 Å². The summed E-state index contributed by atoms with van der Waals surface area (Å²) < 4.78 is 14.2. The van der Waals surface area contributed by atoms with Crippen molar-refractivity contribution in [1.29, 1.82) is 0 Å². The largest absolute Gasteiger partial charge is 0.367 e. The minimum atomic E-state index is -0.250. The quantitative estimate of drug-likeness (QED) is 0.792. The number of nitrogens with zero attached hydrogens (tertiary/aromatic N) is 1. The lowest BCUT2D eigenvalue weighted by Crippen LogP contribution is -2.47. The molecule has 2 rings (SSSR count). The number of anilines is 1. The second-order valence-corrected chi connectivity index (χ2v) is 5.39. The molecule has 1 aromatic carbocycles. The highest BCUT2D eigenvalue weighted by molar-refractivity contribution is 9.10. The Bertz CT molecular complexity index is 449. The van der Waals surface area contributed by atoms with Crippen molar-refractivity contribution in [1.82, 2.24) is 0 Å². The van der Waals surface area contributed by atoms with Gasteiger partial charge in [-0.25, -0.2) is 4.39 Å². The van der Waals surface area contributed by atoms with Crippen molar-refractivity contribution in [3.63, 3.8) is 0 Å². The lowest BCUT2D eigenvalue weighted by molar-refractivity contribution is -0.123. The monoisotopic (exact) mass is 299 g/mol. The van der Waals surface area contributed by atoms with Crippen LogP contribution in [0.25, 0.3) is 0 Å². The number of ketones is 1.